The molecule has 1 aliphatic rings. The van der Waals surface area contributed by atoms with Crippen LogP contribution in [0.2, 0.25) is 0 Å². The van der Waals surface area contributed by atoms with E-state index in [1.54, 1.807) is 0 Å². The average molecular weight is 201 g/mol. The zero-order valence-corrected chi connectivity index (χ0v) is 9.17. The number of ether oxygens (including phenoxy) is 1. The highest BCUT2D eigenvalue weighted by atomic mass is 16.5. The molecule has 0 spiro atoms. The molecule has 1 saturated carbocycles. The Morgan fingerprint density at radius 2 is 2.07 bits per heavy atom. The highest BCUT2D eigenvalue weighted by Crippen LogP contribution is 2.21. The Balaban J connectivity index is 2.13. The van der Waals surface area contributed by atoms with Gasteiger partial charge in [0.25, 0.3) is 0 Å². The predicted octanol–water partition coefficient (Wildman–Crippen LogP) is 1.31. The maximum atomic E-state index is 8.63. The fourth-order valence-corrected chi connectivity index (χ4v) is 2.08. The second-order valence-electron chi connectivity index (χ2n) is 4.02. The van der Waals surface area contributed by atoms with Crippen molar-refractivity contribution in [1.82, 2.24) is 5.32 Å². The minimum absolute atomic E-state index is 0.281. The fraction of sp³-hybridized carbons (Fsp3) is 1.00. The molecule has 0 amide bonds. The monoisotopic (exact) mass is 201 g/mol. The van der Waals surface area contributed by atoms with Crippen molar-refractivity contribution in [1.29, 1.82) is 0 Å². The largest absolute Gasteiger partial charge is 0.396 e. The summed E-state index contributed by atoms with van der Waals surface area (Å²) in [6.45, 7) is 1.08. The van der Waals surface area contributed by atoms with Gasteiger partial charge in [-0.1, -0.05) is 12.8 Å². The first-order chi connectivity index (χ1) is 6.88. The normalized spacial score (nSPS) is 27.9. The summed E-state index contributed by atoms with van der Waals surface area (Å²) in [6.07, 6.45) is 7.27. The highest BCUT2D eigenvalue weighted by molar-refractivity contribution is 4.80. The number of rotatable bonds is 6. The molecule has 1 rings (SSSR count). The molecule has 14 heavy (non-hydrogen) atoms. The van der Waals surface area contributed by atoms with Crippen molar-refractivity contribution >= 4 is 0 Å². The molecule has 2 N–H and O–H groups in total. The lowest BCUT2D eigenvalue weighted by atomic mass is 9.92. The van der Waals surface area contributed by atoms with Crippen LogP contribution in [-0.4, -0.2) is 37.5 Å². The zero-order valence-electron chi connectivity index (χ0n) is 9.17. The fourth-order valence-electron chi connectivity index (χ4n) is 2.08. The van der Waals surface area contributed by atoms with E-state index in [2.05, 4.69) is 5.32 Å². The van der Waals surface area contributed by atoms with E-state index >= 15 is 0 Å². The Labute approximate surface area is 86.8 Å². The van der Waals surface area contributed by atoms with E-state index in [1.165, 1.54) is 25.7 Å². The molecule has 0 aliphatic heterocycles. The molecule has 0 radical (unpaired) electrons. The molecule has 1 aliphatic carbocycles. The molecule has 0 aromatic carbocycles. The first kappa shape index (κ1) is 12.0. The number of likely N-dealkylation sites (N-methyl/N-ethyl adjacent to an activating group) is 1. The second-order valence-corrected chi connectivity index (χ2v) is 4.02. The van der Waals surface area contributed by atoms with Crippen LogP contribution in [0.4, 0.5) is 0 Å². The summed E-state index contributed by atoms with van der Waals surface area (Å²) in [5, 5.41) is 12.0. The van der Waals surface area contributed by atoms with E-state index in [-0.39, 0.29) is 6.61 Å². The summed E-state index contributed by atoms with van der Waals surface area (Å²) in [6, 6.07) is 0.540. The van der Waals surface area contributed by atoms with Gasteiger partial charge in [0.15, 0.2) is 0 Å². The summed E-state index contributed by atoms with van der Waals surface area (Å²) in [4.78, 5) is 0. The number of unbranched alkanes of at least 4 members (excludes halogenated alkanes) is 1. The van der Waals surface area contributed by atoms with Crippen LogP contribution >= 0.6 is 0 Å². The number of aliphatic hydroxyl groups excluding tert-OH is 1. The molecule has 0 bridgehead atoms. The summed E-state index contributed by atoms with van der Waals surface area (Å²) in [5.41, 5.74) is 0. The van der Waals surface area contributed by atoms with Gasteiger partial charge < -0.3 is 15.2 Å². The predicted molar refractivity (Wildman–Crippen MR) is 57.4 cm³/mol. The molecule has 2 atom stereocenters. The van der Waals surface area contributed by atoms with E-state index in [9.17, 15) is 0 Å². The summed E-state index contributed by atoms with van der Waals surface area (Å²) < 4.78 is 5.81. The Kier molecular flexibility index (Phi) is 6.15. The van der Waals surface area contributed by atoms with Crippen molar-refractivity contribution in [2.45, 2.75) is 50.7 Å². The molecule has 0 aromatic heterocycles. The number of hydrogen-bond donors (Lipinski definition) is 2. The van der Waals surface area contributed by atoms with Gasteiger partial charge in [-0.15, -0.1) is 0 Å². The van der Waals surface area contributed by atoms with Gasteiger partial charge in [0.1, 0.15) is 0 Å². The Hall–Kier alpha value is -0.120. The second kappa shape index (κ2) is 7.21. The lowest BCUT2D eigenvalue weighted by molar-refractivity contribution is 0.00430. The van der Waals surface area contributed by atoms with Crippen LogP contribution in [0, 0.1) is 0 Å². The minimum Gasteiger partial charge on any atom is -0.396 e. The van der Waals surface area contributed by atoms with Crippen molar-refractivity contribution in [2.75, 3.05) is 20.3 Å². The molecule has 84 valence electrons. The third-order valence-corrected chi connectivity index (χ3v) is 2.96. The highest BCUT2D eigenvalue weighted by Gasteiger charge is 2.23. The topological polar surface area (TPSA) is 41.5 Å². The van der Waals surface area contributed by atoms with Gasteiger partial charge in [-0.2, -0.15) is 0 Å². The quantitative estimate of drug-likeness (QED) is 0.637. The summed E-state index contributed by atoms with van der Waals surface area (Å²) in [7, 11) is 2.01. The number of nitrogens with one attached hydrogen (secondary N) is 1. The van der Waals surface area contributed by atoms with Gasteiger partial charge in [-0.25, -0.2) is 0 Å². The molecule has 3 heteroatoms. The minimum atomic E-state index is 0.281. The van der Waals surface area contributed by atoms with Crippen molar-refractivity contribution in [2.24, 2.45) is 0 Å². The maximum Gasteiger partial charge on any atom is 0.0727 e. The van der Waals surface area contributed by atoms with Crippen LogP contribution in [0.15, 0.2) is 0 Å². The standard InChI is InChI=1S/C11H23NO2/c1-12-10-6-2-3-7-11(10)14-9-5-4-8-13/h10-13H,2-9H2,1H3. The SMILES string of the molecule is CNC1CCCCC1OCCCCO. The van der Waals surface area contributed by atoms with E-state index < -0.39 is 0 Å². The molecule has 1 fully saturated rings. The molecular formula is C11H23NO2. The van der Waals surface area contributed by atoms with Crippen LogP contribution in [0.3, 0.4) is 0 Å². The van der Waals surface area contributed by atoms with E-state index in [0.717, 1.165) is 19.4 Å². The van der Waals surface area contributed by atoms with Gasteiger partial charge in [0.2, 0.25) is 0 Å². The van der Waals surface area contributed by atoms with E-state index in [1.807, 2.05) is 7.05 Å². The van der Waals surface area contributed by atoms with Gasteiger partial charge in [0.05, 0.1) is 6.10 Å². The molecule has 0 heterocycles. The Morgan fingerprint density at radius 1 is 1.29 bits per heavy atom. The third-order valence-electron chi connectivity index (χ3n) is 2.96. The summed E-state index contributed by atoms with van der Waals surface area (Å²) in [5.74, 6) is 0. The van der Waals surface area contributed by atoms with Gasteiger partial charge in [0, 0.05) is 19.3 Å². The Morgan fingerprint density at radius 3 is 2.79 bits per heavy atom. The number of aliphatic hydroxyl groups is 1. The van der Waals surface area contributed by atoms with Crippen LogP contribution in [0.25, 0.3) is 0 Å². The summed E-state index contributed by atoms with van der Waals surface area (Å²) >= 11 is 0. The van der Waals surface area contributed by atoms with Crippen LogP contribution < -0.4 is 5.32 Å². The van der Waals surface area contributed by atoms with Gasteiger partial charge in [-0.05, 0) is 32.7 Å². The maximum absolute atomic E-state index is 8.63. The van der Waals surface area contributed by atoms with Crippen molar-refractivity contribution in [3.8, 4) is 0 Å². The van der Waals surface area contributed by atoms with E-state index in [4.69, 9.17) is 9.84 Å². The molecule has 3 nitrogen and oxygen atoms in total. The molecular weight excluding hydrogens is 178 g/mol. The Bertz CT molecular complexity index is 141. The number of hydrogen-bond acceptors (Lipinski definition) is 3. The first-order valence-corrected chi connectivity index (χ1v) is 5.78. The van der Waals surface area contributed by atoms with Crippen molar-refractivity contribution in [3.05, 3.63) is 0 Å². The van der Waals surface area contributed by atoms with E-state index in [0.29, 0.717) is 12.1 Å². The molecule has 0 aromatic rings. The van der Waals surface area contributed by atoms with Crippen molar-refractivity contribution in [3.63, 3.8) is 0 Å². The third kappa shape index (κ3) is 3.95. The zero-order chi connectivity index (χ0) is 10.2. The molecule has 0 saturated heterocycles. The lowest BCUT2D eigenvalue weighted by Gasteiger charge is -2.31. The first-order valence-electron chi connectivity index (χ1n) is 5.78. The van der Waals surface area contributed by atoms with Crippen LogP contribution in [-0.2, 0) is 4.74 Å². The smallest absolute Gasteiger partial charge is 0.0727 e. The van der Waals surface area contributed by atoms with Crippen LogP contribution in [0.1, 0.15) is 38.5 Å². The van der Waals surface area contributed by atoms with Gasteiger partial charge >= 0.3 is 0 Å². The van der Waals surface area contributed by atoms with Gasteiger partial charge in [-0.3, -0.25) is 0 Å². The van der Waals surface area contributed by atoms with Crippen molar-refractivity contribution < 1.29 is 9.84 Å². The average Bonchev–Trinajstić information content (AvgIpc) is 2.25. The lowest BCUT2D eigenvalue weighted by Crippen LogP contribution is -2.41. The van der Waals surface area contributed by atoms with Crippen LogP contribution in [0.5, 0.6) is 0 Å². The molecule has 2 unspecified atom stereocenters.